The quantitative estimate of drug-likeness (QED) is 0.231. The zero-order valence-electron chi connectivity index (χ0n) is 24.3. The van der Waals surface area contributed by atoms with Crippen LogP contribution in [0.25, 0.3) is 12.2 Å². The number of nitriles is 1. The molecule has 3 aromatic carbocycles. The highest BCUT2D eigenvalue weighted by Crippen LogP contribution is 2.52. The van der Waals surface area contributed by atoms with Crippen LogP contribution in [0, 0.1) is 16.7 Å². The standard InChI is InChI=1S/C36H35ClN2O4/c1-26-32(34(40)42-23-10-17-28-13-5-3-6-14-28)33(30-19-9-20-31(37)25-30)36(21-12-22-38,27(2)39-26)35(41)43-24-11-18-29-15-7-4-8-16-29/h3-11,13-20,25,27,33,39H,12,21,23-24H2,1-2H3. The highest BCUT2D eigenvalue weighted by atomic mass is 35.5. The second-order valence-corrected chi connectivity index (χ2v) is 10.9. The molecule has 6 nitrogen and oxygen atoms in total. The van der Waals surface area contributed by atoms with Crippen molar-refractivity contribution < 1.29 is 19.1 Å². The van der Waals surface area contributed by atoms with E-state index in [1.54, 1.807) is 37.3 Å². The SMILES string of the molecule is CC1=C(C(=O)OCC=Cc2ccccc2)C(c2cccc(Cl)c2)C(CCC#N)(C(=O)OCC=Cc2ccccc2)C(C)N1. The normalized spacial score (nSPS) is 20.0. The number of nitrogens with zero attached hydrogens (tertiary/aromatic N) is 1. The molecule has 3 atom stereocenters. The third-order valence-corrected chi connectivity index (χ3v) is 7.92. The van der Waals surface area contributed by atoms with Crippen molar-refractivity contribution in [3.05, 3.63) is 130 Å². The number of halogens is 1. The first kappa shape index (κ1) is 31.3. The van der Waals surface area contributed by atoms with Crippen LogP contribution in [0.15, 0.2) is 108 Å². The van der Waals surface area contributed by atoms with Gasteiger partial charge in [-0.3, -0.25) is 4.79 Å². The monoisotopic (exact) mass is 594 g/mol. The molecule has 0 bridgehead atoms. The second-order valence-electron chi connectivity index (χ2n) is 10.4. The number of carbonyl (C=O) groups excluding carboxylic acids is 2. The summed E-state index contributed by atoms with van der Waals surface area (Å²) in [4.78, 5) is 28.0. The number of nitrogens with one attached hydrogen (secondary N) is 1. The van der Waals surface area contributed by atoms with Gasteiger partial charge in [-0.05, 0) is 61.2 Å². The highest BCUT2D eigenvalue weighted by molar-refractivity contribution is 6.30. The molecule has 0 amide bonds. The fourth-order valence-corrected chi connectivity index (χ4v) is 5.85. The minimum atomic E-state index is -1.30. The predicted molar refractivity (Wildman–Crippen MR) is 170 cm³/mol. The van der Waals surface area contributed by atoms with E-state index in [9.17, 15) is 14.9 Å². The topological polar surface area (TPSA) is 88.4 Å². The van der Waals surface area contributed by atoms with Crippen molar-refractivity contribution >= 4 is 35.7 Å². The van der Waals surface area contributed by atoms with Crippen LogP contribution in [0.2, 0.25) is 5.02 Å². The molecule has 1 N–H and O–H groups in total. The van der Waals surface area contributed by atoms with Crippen molar-refractivity contribution in [2.24, 2.45) is 5.41 Å². The molecule has 220 valence electrons. The van der Waals surface area contributed by atoms with Crippen LogP contribution < -0.4 is 5.32 Å². The van der Waals surface area contributed by atoms with Gasteiger partial charge in [0.2, 0.25) is 0 Å². The first-order valence-corrected chi connectivity index (χ1v) is 14.6. The molecule has 0 aliphatic carbocycles. The van der Waals surface area contributed by atoms with Crippen LogP contribution in [0.1, 0.15) is 49.3 Å². The minimum Gasteiger partial charge on any atom is -0.461 e. The van der Waals surface area contributed by atoms with Gasteiger partial charge in [-0.25, -0.2) is 4.79 Å². The van der Waals surface area contributed by atoms with E-state index in [0.29, 0.717) is 21.9 Å². The Hall–Kier alpha value is -4.60. The Morgan fingerprint density at radius 1 is 0.930 bits per heavy atom. The van der Waals surface area contributed by atoms with Crippen molar-refractivity contribution in [1.82, 2.24) is 5.32 Å². The van der Waals surface area contributed by atoms with Gasteiger partial charge in [0.25, 0.3) is 0 Å². The first-order valence-electron chi connectivity index (χ1n) is 14.2. The van der Waals surface area contributed by atoms with E-state index in [2.05, 4.69) is 11.4 Å². The lowest BCUT2D eigenvalue weighted by molar-refractivity contribution is -0.159. The summed E-state index contributed by atoms with van der Waals surface area (Å²) in [6.07, 6.45) is 7.54. The summed E-state index contributed by atoms with van der Waals surface area (Å²) >= 11 is 6.43. The summed E-state index contributed by atoms with van der Waals surface area (Å²) in [7, 11) is 0. The maximum Gasteiger partial charge on any atom is 0.336 e. The number of allylic oxidation sites excluding steroid dienone is 1. The van der Waals surface area contributed by atoms with Crippen LogP contribution in [-0.4, -0.2) is 31.2 Å². The largest absolute Gasteiger partial charge is 0.461 e. The lowest BCUT2D eigenvalue weighted by Crippen LogP contribution is -2.57. The van der Waals surface area contributed by atoms with Crippen molar-refractivity contribution in [2.45, 2.75) is 38.6 Å². The van der Waals surface area contributed by atoms with Crippen molar-refractivity contribution in [1.29, 1.82) is 5.26 Å². The molecule has 0 saturated carbocycles. The molecular formula is C36H35ClN2O4. The summed E-state index contributed by atoms with van der Waals surface area (Å²) in [5.74, 6) is -1.84. The average Bonchev–Trinajstić information content (AvgIpc) is 3.01. The molecular weight excluding hydrogens is 560 g/mol. The summed E-state index contributed by atoms with van der Waals surface area (Å²) in [6.45, 7) is 3.75. The molecule has 0 saturated heterocycles. The summed E-state index contributed by atoms with van der Waals surface area (Å²) in [6, 6.07) is 28.2. The van der Waals surface area contributed by atoms with E-state index in [4.69, 9.17) is 21.1 Å². The number of esters is 2. The lowest BCUT2D eigenvalue weighted by atomic mass is 9.60. The van der Waals surface area contributed by atoms with Gasteiger partial charge in [0, 0.05) is 29.1 Å². The zero-order chi connectivity index (χ0) is 30.7. The maximum absolute atomic E-state index is 14.2. The van der Waals surface area contributed by atoms with E-state index >= 15 is 0 Å². The second kappa shape index (κ2) is 15.0. The van der Waals surface area contributed by atoms with Gasteiger partial charge in [0.1, 0.15) is 13.2 Å². The van der Waals surface area contributed by atoms with Crippen LogP contribution in [0.5, 0.6) is 0 Å². The molecule has 4 rings (SSSR count). The third kappa shape index (κ3) is 7.63. The Kier molecular flexibility index (Phi) is 11.0. The maximum atomic E-state index is 14.2. The van der Waals surface area contributed by atoms with Gasteiger partial charge in [-0.1, -0.05) is 96.5 Å². The Morgan fingerprint density at radius 3 is 2.12 bits per heavy atom. The number of hydrogen-bond donors (Lipinski definition) is 1. The molecule has 3 aromatic rings. The summed E-state index contributed by atoms with van der Waals surface area (Å²) in [5.41, 5.74) is 2.24. The number of rotatable bonds is 11. The predicted octanol–water partition coefficient (Wildman–Crippen LogP) is 7.49. The first-order chi connectivity index (χ1) is 20.9. The lowest BCUT2D eigenvalue weighted by Gasteiger charge is -2.47. The third-order valence-electron chi connectivity index (χ3n) is 7.69. The van der Waals surface area contributed by atoms with E-state index in [-0.39, 0.29) is 26.1 Å². The number of hydrogen-bond acceptors (Lipinski definition) is 6. The van der Waals surface area contributed by atoms with E-state index in [0.717, 1.165) is 11.1 Å². The van der Waals surface area contributed by atoms with Gasteiger partial charge in [-0.2, -0.15) is 5.26 Å². The molecule has 3 unspecified atom stereocenters. The van der Waals surface area contributed by atoms with Crippen LogP contribution in [-0.2, 0) is 19.1 Å². The number of benzene rings is 3. The molecule has 1 aliphatic heterocycles. The van der Waals surface area contributed by atoms with Gasteiger partial charge in [-0.15, -0.1) is 0 Å². The highest BCUT2D eigenvalue weighted by Gasteiger charge is 2.57. The number of ether oxygens (including phenoxy) is 2. The molecule has 0 fully saturated rings. The van der Waals surface area contributed by atoms with E-state index in [1.807, 2.05) is 85.8 Å². The van der Waals surface area contributed by atoms with E-state index < -0.39 is 29.3 Å². The Morgan fingerprint density at radius 2 is 1.53 bits per heavy atom. The van der Waals surface area contributed by atoms with Crippen LogP contribution in [0.3, 0.4) is 0 Å². The summed E-state index contributed by atoms with van der Waals surface area (Å²) in [5, 5.41) is 13.4. The molecule has 1 aliphatic rings. The molecule has 0 aromatic heterocycles. The molecule has 43 heavy (non-hydrogen) atoms. The average molecular weight is 595 g/mol. The van der Waals surface area contributed by atoms with Crippen LogP contribution in [0.4, 0.5) is 0 Å². The Balaban J connectivity index is 1.68. The van der Waals surface area contributed by atoms with Crippen LogP contribution >= 0.6 is 11.6 Å². The van der Waals surface area contributed by atoms with Gasteiger partial charge < -0.3 is 14.8 Å². The smallest absolute Gasteiger partial charge is 0.336 e. The Bertz CT molecular complexity index is 1540. The zero-order valence-corrected chi connectivity index (χ0v) is 25.1. The van der Waals surface area contributed by atoms with Gasteiger partial charge in [0.05, 0.1) is 17.1 Å². The van der Waals surface area contributed by atoms with Crippen molar-refractivity contribution in [2.75, 3.05) is 13.2 Å². The molecule has 1 heterocycles. The van der Waals surface area contributed by atoms with Crippen molar-refractivity contribution in [3.8, 4) is 6.07 Å². The summed E-state index contributed by atoms with van der Waals surface area (Å²) < 4.78 is 11.6. The van der Waals surface area contributed by atoms with Crippen molar-refractivity contribution in [3.63, 3.8) is 0 Å². The fraction of sp³-hybridized carbons (Fsp3) is 0.250. The van der Waals surface area contributed by atoms with Gasteiger partial charge >= 0.3 is 11.9 Å². The Labute approximate surface area is 258 Å². The fourth-order valence-electron chi connectivity index (χ4n) is 5.65. The molecule has 0 spiro atoms. The minimum absolute atomic E-state index is 0.0315. The van der Waals surface area contributed by atoms with E-state index in [1.165, 1.54) is 0 Å². The molecule has 0 radical (unpaired) electrons. The van der Waals surface area contributed by atoms with Gasteiger partial charge in [0.15, 0.2) is 0 Å². The number of carbonyl (C=O) groups is 2. The molecule has 7 heteroatoms.